The van der Waals surface area contributed by atoms with Crippen LogP contribution in [0, 0.1) is 5.92 Å². The van der Waals surface area contributed by atoms with E-state index in [4.69, 9.17) is 10.5 Å². The molecule has 0 saturated heterocycles. The van der Waals surface area contributed by atoms with E-state index in [0.29, 0.717) is 13.2 Å². The molecule has 1 aromatic rings. The summed E-state index contributed by atoms with van der Waals surface area (Å²) in [5, 5.41) is 2.83. The number of benzene rings is 1. The number of carbonyl (C=O) groups excluding carboxylic acids is 1. The molecule has 0 spiro atoms. The van der Waals surface area contributed by atoms with Gasteiger partial charge in [-0.2, -0.15) is 0 Å². The molecule has 4 nitrogen and oxygen atoms in total. The monoisotopic (exact) mass is 292 g/mol. The van der Waals surface area contributed by atoms with Crippen LogP contribution in [0.1, 0.15) is 40.2 Å². The van der Waals surface area contributed by atoms with E-state index in [1.165, 1.54) is 5.56 Å². The van der Waals surface area contributed by atoms with Gasteiger partial charge in [-0.25, -0.2) is 0 Å². The van der Waals surface area contributed by atoms with Gasteiger partial charge in [-0.3, -0.25) is 4.79 Å². The lowest BCUT2D eigenvalue weighted by atomic mass is 9.87. The van der Waals surface area contributed by atoms with Crippen LogP contribution in [0.15, 0.2) is 24.3 Å². The molecule has 1 aromatic carbocycles. The van der Waals surface area contributed by atoms with Gasteiger partial charge in [0.15, 0.2) is 0 Å². The maximum atomic E-state index is 11.7. The highest BCUT2D eigenvalue weighted by atomic mass is 16.5. The summed E-state index contributed by atoms with van der Waals surface area (Å²) in [5.74, 6) is 0.614. The lowest BCUT2D eigenvalue weighted by Gasteiger charge is -2.20. The van der Waals surface area contributed by atoms with Crippen LogP contribution in [0.3, 0.4) is 0 Å². The van der Waals surface area contributed by atoms with E-state index in [0.717, 1.165) is 5.75 Å². The van der Waals surface area contributed by atoms with E-state index in [9.17, 15) is 4.79 Å². The van der Waals surface area contributed by atoms with Gasteiger partial charge >= 0.3 is 0 Å². The quantitative estimate of drug-likeness (QED) is 0.792. The molecule has 0 aliphatic carbocycles. The third-order valence-electron chi connectivity index (χ3n) is 3.57. The average Bonchev–Trinajstić information content (AvgIpc) is 2.41. The number of rotatable bonds is 6. The molecule has 3 N–H and O–H groups in total. The topological polar surface area (TPSA) is 64.4 Å². The first-order chi connectivity index (χ1) is 9.71. The van der Waals surface area contributed by atoms with Gasteiger partial charge in [0.1, 0.15) is 12.4 Å². The molecule has 1 rings (SSSR count). The van der Waals surface area contributed by atoms with Gasteiger partial charge in [-0.15, -0.1) is 0 Å². The molecule has 0 radical (unpaired) electrons. The summed E-state index contributed by atoms with van der Waals surface area (Å²) < 4.78 is 5.69. The molecule has 21 heavy (non-hydrogen) atoms. The Labute approximate surface area is 128 Å². The summed E-state index contributed by atoms with van der Waals surface area (Å²) in [4.78, 5) is 11.7. The molecule has 0 aromatic heterocycles. The SMILES string of the molecule is CC(N)C(C)C(=O)NCCOc1cccc(C(C)(C)C)c1. The highest BCUT2D eigenvalue weighted by Gasteiger charge is 2.16. The number of nitrogens with two attached hydrogens (primary N) is 1. The van der Waals surface area contributed by atoms with Crippen LogP contribution < -0.4 is 15.8 Å². The number of hydrogen-bond donors (Lipinski definition) is 2. The summed E-state index contributed by atoms with van der Waals surface area (Å²) in [7, 11) is 0. The fourth-order valence-electron chi connectivity index (χ4n) is 1.80. The molecule has 2 unspecified atom stereocenters. The zero-order valence-electron chi connectivity index (χ0n) is 13.8. The average molecular weight is 292 g/mol. The van der Waals surface area contributed by atoms with Crippen molar-refractivity contribution in [2.45, 2.75) is 46.1 Å². The Kier molecular flexibility index (Phi) is 6.21. The van der Waals surface area contributed by atoms with Gasteiger partial charge < -0.3 is 15.8 Å². The van der Waals surface area contributed by atoms with Gasteiger partial charge in [0.05, 0.1) is 6.54 Å². The number of carbonyl (C=O) groups is 1. The Balaban J connectivity index is 2.42. The van der Waals surface area contributed by atoms with E-state index in [2.05, 4.69) is 32.2 Å². The van der Waals surface area contributed by atoms with Gasteiger partial charge in [-0.1, -0.05) is 39.8 Å². The van der Waals surface area contributed by atoms with Crippen molar-refractivity contribution in [1.82, 2.24) is 5.32 Å². The van der Waals surface area contributed by atoms with Crippen molar-refractivity contribution >= 4 is 5.91 Å². The number of nitrogens with one attached hydrogen (secondary N) is 1. The summed E-state index contributed by atoms with van der Waals surface area (Å²) in [6, 6.07) is 7.93. The van der Waals surface area contributed by atoms with Crippen molar-refractivity contribution in [3.8, 4) is 5.75 Å². The van der Waals surface area contributed by atoms with Crippen LogP contribution in [-0.2, 0) is 10.2 Å². The molecular formula is C17H28N2O2. The first-order valence-corrected chi connectivity index (χ1v) is 7.48. The van der Waals surface area contributed by atoms with Gasteiger partial charge in [0.2, 0.25) is 5.91 Å². The first kappa shape index (κ1) is 17.5. The molecule has 2 atom stereocenters. The second kappa shape index (κ2) is 7.46. The van der Waals surface area contributed by atoms with Gasteiger partial charge in [-0.05, 0) is 30.0 Å². The zero-order valence-corrected chi connectivity index (χ0v) is 13.8. The highest BCUT2D eigenvalue weighted by Crippen LogP contribution is 2.25. The van der Waals surface area contributed by atoms with Gasteiger partial charge in [0, 0.05) is 12.0 Å². The standard InChI is InChI=1S/C17H28N2O2/c1-12(13(2)18)16(20)19-9-10-21-15-8-6-7-14(11-15)17(3,4)5/h6-8,11-13H,9-10,18H2,1-5H3,(H,19,20). The molecule has 0 fully saturated rings. The Morgan fingerprint density at radius 3 is 2.57 bits per heavy atom. The molecule has 0 aliphatic heterocycles. The normalized spacial score (nSPS) is 14.4. The van der Waals surface area contributed by atoms with Crippen LogP contribution >= 0.6 is 0 Å². The number of ether oxygens (including phenoxy) is 1. The summed E-state index contributed by atoms with van der Waals surface area (Å²) >= 11 is 0. The van der Waals surface area contributed by atoms with E-state index in [1.54, 1.807) is 0 Å². The third kappa shape index (κ3) is 5.76. The maximum Gasteiger partial charge on any atom is 0.224 e. The van der Waals surface area contributed by atoms with Crippen molar-refractivity contribution < 1.29 is 9.53 Å². The van der Waals surface area contributed by atoms with Crippen LogP contribution in [0.25, 0.3) is 0 Å². The Morgan fingerprint density at radius 1 is 1.33 bits per heavy atom. The van der Waals surface area contributed by atoms with Crippen molar-refractivity contribution in [1.29, 1.82) is 0 Å². The smallest absolute Gasteiger partial charge is 0.224 e. The fraction of sp³-hybridized carbons (Fsp3) is 0.588. The zero-order chi connectivity index (χ0) is 16.0. The predicted molar refractivity (Wildman–Crippen MR) is 86.5 cm³/mol. The first-order valence-electron chi connectivity index (χ1n) is 7.48. The molecule has 0 heterocycles. The highest BCUT2D eigenvalue weighted by molar-refractivity contribution is 5.78. The Bertz CT molecular complexity index is 464. The minimum absolute atomic E-state index is 0.0305. The second-order valence-electron chi connectivity index (χ2n) is 6.57. The predicted octanol–water partition coefficient (Wildman–Crippen LogP) is 2.46. The van der Waals surface area contributed by atoms with E-state index in [1.807, 2.05) is 32.0 Å². The van der Waals surface area contributed by atoms with Crippen molar-refractivity contribution in [2.24, 2.45) is 11.7 Å². The van der Waals surface area contributed by atoms with E-state index in [-0.39, 0.29) is 23.3 Å². The largest absolute Gasteiger partial charge is 0.492 e. The third-order valence-corrected chi connectivity index (χ3v) is 3.57. The second-order valence-corrected chi connectivity index (χ2v) is 6.57. The van der Waals surface area contributed by atoms with E-state index < -0.39 is 0 Å². The maximum absolute atomic E-state index is 11.7. The minimum atomic E-state index is -0.186. The van der Waals surface area contributed by atoms with Crippen molar-refractivity contribution in [2.75, 3.05) is 13.2 Å². The summed E-state index contributed by atoms with van der Waals surface area (Å²) in [6.45, 7) is 11.1. The van der Waals surface area contributed by atoms with Crippen LogP contribution in [0.2, 0.25) is 0 Å². The molecule has 0 aliphatic rings. The fourth-order valence-corrected chi connectivity index (χ4v) is 1.80. The van der Waals surface area contributed by atoms with Crippen molar-refractivity contribution in [3.05, 3.63) is 29.8 Å². The van der Waals surface area contributed by atoms with Crippen LogP contribution in [-0.4, -0.2) is 25.1 Å². The van der Waals surface area contributed by atoms with Crippen LogP contribution in [0.4, 0.5) is 0 Å². The molecule has 118 valence electrons. The minimum Gasteiger partial charge on any atom is -0.492 e. The lowest BCUT2D eigenvalue weighted by Crippen LogP contribution is -2.40. The van der Waals surface area contributed by atoms with Gasteiger partial charge in [0.25, 0.3) is 0 Å². The lowest BCUT2D eigenvalue weighted by molar-refractivity contribution is -0.125. The van der Waals surface area contributed by atoms with Crippen LogP contribution in [0.5, 0.6) is 5.75 Å². The molecular weight excluding hydrogens is 264 g/mol. The molecule has 0 bridgehead atoms. The Morgan fingerprint density at radius 2 is 2.00 bits per heavy atom. The summed E-state index contributed by atoms with van der Waals surface area (Å²) in [5.41, 5.74) is 7.03. The van der Waals surface area contributed by atoms with Crippen molar-refractivity contribution in [3.63, 3.8) is 0 Å². The summed E-state index contributed by atoms with van der Waals surface area (Å²) in [6.07, 6.45) is 0. The van der Waals surface area contributed by atoms with E-state index >= 15 is 0 Å². The molecule has 1 amide bonds. The molecule has 4 heteroatoms. The Hall–Kier alpha value is -1.55. The number of amides is 1. The number of hydrogen-bond acceptors (Lipinski definition) is 3. The molecule has 0 saturated carbocycles.